The lowest BCUT2D eigenvalue weighted by Gasteiger charge is -2.27. The quantitative estimate of drug-likeness (QED) is 0.648. The van der Waals surface area contributed by atoms with Crippen LogP contribution in [-0.2, 0) is 4.79 Å². The van der Waals surface area contributed by atoms with Gasteiger partial charge >= 0.3 is 0 Å². The van der Waals surface area contributed by atoms with Crippen LogP contribution >= 0.6 is 11.6 Å². The van der Waals surface area contributed by atoms with Gasteiger partial charge in [0.25, 0.3) is 0 Å². The molecule has 7 heteroatoms. The normalized spacial score (nSPS) is 31.7. The van der Waals surface area contributed by atoms with Gasteiger partial charge in [0.15, 0.2) is 11.6 Å². The fraction of sp³-hybridized carbons (Fsp3) is 0.417. The van der Waals surface area contributed by atoms with Gasteiger partial charge in [-0.25, -0.2) is 9.37 Å². The molecule has 1 aromatic rings. The van der Waals surface area contributed by atoms with Crippen molar-refractivity contribution < 1.29 is 9.18 Å². The lowest BCUT2D eigenvalue weighted by molar-refractivity contribution is -0.122. The predicted molar refractivity (Wildman–Crippen MR) is 67.8 cm³/mol. The van der Waals surface area contributed by atoms with Gasteiger partial charge in [-0.15, -0.1) is 0 Å². The predicted octanol–water partition coefficient (Wildman–Crippen LogP) is 1.36. The molecule has 2 aliphatic rings. The monoisotopic (exact) mass is 282 g/mol. The summed E-state index contributed by atoms with van der Waals surface area (Å²) in [6, 6.07) is -0.243. The van der Waals surface area contributed by atoms with Gasteiger partial charge in [0.1, 0.15) is 0 Å². The van der Waals surface area contributed by atoms with Crippen LogP contribution in [0.1, 0.15) is 6.42 Å². The standard InChI is InChI=1S/C12H12ClFN4O/c13-12-16-4-7(14)11(18-12)17-9-6-2-1-5(3-6)8(9)10(15)19/h1-2,4-6,8-9H,3H2,(H2,15,19)(H,16,17,18)/t5-,6-,8-,9+/m0/s1. The summed E-state index contributed by atoms with van der Waals surface area (Å²) in [5.74, 6) is -1.02. The van der Waals surface area contributed by atoms with Crippen molar-refractivity contribution >= 4 is 23.3 Å². The summed E-state index contributed by atoms with van der Waals surface area (Å²) in [6.07, 6.45) is 5.88. The topological polar surface area (TPSA) is 80.9 Å². The SMILES string of the molecule is NC(=O)[C@@H]1[C@H](Nc2nc(Cl)ncc2F)[C@H]2C=C[C@H]1C2. The molecule has 0 aromatic carbocycles. The number of nitrogens with one attached hydrogen (secondary N) is 1. The Bertz CT molecular complexity index is 565. The van der Waals surface area contributed by atoms with Crippen molar-refractivity contribution in [1.29, 1.82) is 0 Å². The Hall–Kier alpha value is -1.69. The van der Waals surface area contributed by atoms with Gasteiger partial charge in [-0.2, -0.15) is 4.98 Å². The number of hydrogen-bond acceptors (Lipinski definition) is 4. The highest BCUT2D eigenvalue weighted by Gasteiger charge is 2.47. The zero-order valence-corrected chi connectivity index (χ0v) is 10.6. The third kappa shape index (κ3) is 2.06. The molecular formula is C12H12ClFN4O. The molecule has 1 amide bonds. The van der Waals surface area contributed by atoms with Gasteiger partial charge in [0, 0.05) is 6.04 Å². The molecule has 4 atom stereocenters. The second-order valence-electron chi connectivity index (χ2n) is 4.88. The van der Waals surface area contributed by atoms with Crippen LogP contribution in [-0.4, -0.2) is 21.9 Å². The Labute approximate surface area is 114 Å². The van der Waals surface area contributed by atoms with E-state index in [1.165, 1.54) is 0 Å². The van der Waals surface area contributed by atoms with Crippen LogP contribution < -0.4 is 11.1 Å². The first-order valence-corrected chi connectivity index (χ1v) is 6.36. The van der Waals surface area contributed by atoms with E-state index in [9.17, 15) is 9.18 Å². The summed E-state index contributed by atoms with van der Waals surface area (Å²) in [4.78, 5) is 18.9. The molecule has 2 bridgehead atoms. The van der Waals surface area contributed by atoms with Crippen molar-refractivity contribution in [2.75, 3.05) is 5.32 Å². The maximum atomic E-state index is 13.6. The van der Waals surface area contributed by atoms with Gasteiger partial charge in [-0.05, 0) is 29.9 Å². The van der Waals surface area contributed by atoms with Crippen molar-refractivity contribution in [1.82, 2.24) is 9.97 Å². The van der Waals surface area contributed by atoms with E-state index >= 15 is 0 Å². The lowest BCUT2D eigenvalue weighted by atomic mass is 9.88. The summed E-state index contributed by atoms with van der Waals surface area (Å²) in [7, 11) is 0. The molecule has 5 nitrogen and oxygen atoms in total. The van der Waals surface area contributed by atoms with E-state index in [1.807, 2.05) is 12.2 Å². The summed E-state index contributed by atoms with van der Waals surface area (Å²) < 4.78 is 13.6. The number of nitrogens with two attached hydrogens (primary N) is 1. The van der Waals surface area contributed by atoms with E-state index in [4.69, 9.17) is 17.3 Å². The zero-order chi connectivity index (χ0) is 13.6. The largest absolute Gasteiger partial charge is 0.369 e. The minimum absolute atomic E-state index is 0.0113. The van der Waals surface area contributed by atoms with Crippen molar-refractivity contribution in [2.24, 2.45) is 23.5 Å². The average Bonchev–Trinajstić information content (AvgIpc) is 2.94. The molecule has 1 aromatic heterocycles. The molecule has 3 N–H and O–H groups in total. The molecule has 2 aliphatic carbocycles. The maximum absolute atomic E-state index is 13.6. The molecule has 0 spiro atoms. The van der Waals surface area contributed by atoms with E-state index in [0.717, 1.165) is 12.6 Å². The van der Waals surface area contributed by atoms with Crippen molar-refractivity contribution in [3.05, 3.63) is 29.4 Å². The fourth-order valence-corrected chi connectivity index (χ4v) is 3.14. The molecule has 0 unspecified atom stereocenters. The van der Waals surface area contributed by atoms with Crippen LogP contribution in [0.2, 0.25) is 5.28 Å². The van der Waals surface area contributed by atoms with E-state index in [1.54, 1.807) is 0 Å². The first kappa shape index (κ1) is 12.3. The van der Waals surface area contributed by atoms with Gasteiger partial charge in [0.2, 0.25) is 11.2 Å². The number of aromatic nitrogens is 2. The molecule has 0 saturated heterocycles. The second-order valence-corrected chi connectivity index (χ2v) is 5.22. The lowest BCUT2D eigenvalue weighted by Crippen LogP contribution is -2.41. The highest BCUT2D eigenvalue weighted by Crippen LogP contribution is 2.44. The Morgan fingerprint density at radius 1 is 1.47 bits per heavy atom. The van der Waals surface area contributed by atoms with Crippen LogP contribution in [0.25, 0.3) is 0 Å². The van der Waals surface area contributed by atoms with Gasteiger partial charge < -0.3 is 11.1 Å². The van der Waals surface area contributed by atoms with Crippen LogP contribution in [0.5, 0.6) is 0 Å². The molecule has 1 saturated carbocycles. The number of halogens is 2. The maximum Gasteiger partial charge on any atom is 0.224 e. The minimum atomic E-state index is -0.598. The fourth-order valence-electron chi connectivity index (χ4n) is 3.01. The van der Waals surface area contributed by atoms with E-state index in [-0.39, 0.29) is 40.8 Å². The number of fused-ring (bicyclic) bond motifs is 2. The number of carbonyl (C=O) groups excluding carboxylic acids is 1. The molecule has 0 aliphatic heterocycles. The first-order chi connectivity index (χ1) is 9.06. The third-order valence-electron chi connectivity index (χ3n) is 3.81. The highest BCUT2D eigenvalue weighted by molar-refractivity contribution is 6.28. The van der Waals surface area contributed by atoms with Gasteiger partial charge in [-0.1, -0.05) is 12.2 Å². The smallest absolute Gasteiger partial charge is 0.224 e. The van der Waals surface area contributed by atoms with E-state index in [2.05, 4.69) is 15.3 Å². The zero-order valence-electron chi connectivity index (χ0n) is 9.88. The molecule has 19 heavy (non-hydrogen) atoms. The summed E-state index contributed by atoms with van der Waals surface area (Å²) >= 11 is 5.65. The molecular weight excluding hydrogens is 271 g/mol. The van der Waals surface area contributed by atoms with Crippen molar-refractivity contribution in [3.63, 3.8) is 0 Å². The molecule has 100 valence electrons. The summed E-state index contributed by atoms with van der Waals surface area (Å²) in [6.45, 7) is 0. The van der Waals surface area contributed by atoms with Crippen molar-refractivity contribution in [2.45, 2.75) is 12.5 Å². The molecule has 1 heterocycles. The minimum Gasteiger partial charge on any atom is -0.369 e. The Kier molecular flexibility index (Phi) is 2.89. The first-order valence-electron chi connectivity index (χ1n) is 5.98. The Morgan fingerprint density at radius 2 is 2.21 bits per heavy atom. The number of primary amides is 1. The van der Waals surface area contributed by atoms with Gasteiger partial charge in [0.05, 0.1) is 12.1 Å². The number of hydrogen-bond donors (Lipinski definition) is 2. The summed E-state index contributed by atoms with van der Waals surface area (Å²) in [5.41, 5.74) is 5.43. The molecule has 3 rings (SSSR count). The summed E-state index contributed by atoms with van der Waals surface area (Å²) in [5, 5.41) is 2.91. The number of allylic oxidation sites excluding steroid dienone is 1. The van der Waals surface area contributed by atoms with Crippen LogP contribution in [0, 0.1) is 23.6 Å². The number of amides is 1. The van der Waals surface area contributed by atoms with Crippen LogP contribution in [0.3, 0.4) is 0 Å². The molecule has 1 fully saturated rings. The average molecular weight is 283 g/mol. The third-order valence-corrected chi connectivity index (χ3v) is 3.99. The molecule has 0 radical (unpaired) electrons. The Morgan fingerprint density at radius 3 is 2.95 bits per heavy atom. The van der Waals surface area contributed by atoms with Crippen LogP contribution in [0.4, 0.5) is 10.2 Å². The van der Waals surface area contributed by atoms with Crippen molar-refractivity contribution in [3.8, 4) is 0 Å². The van der Waals surface area contributed by atoms with E-state index < -0.39 is 5.82 Å². The number of nitrogens with zero attached hydrogens (tertiary/aromatic N) is 2. The number of carbonyl (C=O) groups is 1. The number of rotatable bonds is 3. The Balaban J connectivity index is 1.88. The highest BCUT2D eigenvalue weighted by atomic mass is 35.5. The van der Waals surface area contributed by atoms with E-state index in [0.29, 0.717) is 0 Å². The second kappa shape index (κ2) is 4.45. The van der Waals surface area contributed by atoms with Crippen LogP contribution in [0.15, 0.2) is 18.3 Å². The number of anilines is 1. The van der Waals surface area contributed by atoms with Gasteiger partial charge in [-0.3, -0.25) is 4.79 Å².